The predicted molar refractivity (Wildman–Crippen MR) is 61.5 cm³/mol. The monoisotopic (exact) mass is 222 g/mol. The Morgan fingerprint density at radius 1 is 1.33 bits per heavy atom. The number of halogens is 1. The molecule has 0 bridgehead atoms. The first kappa shape index (κ1) is 10.2. The van der Waals surface area contributed by atoms with Gasteiger partial charge in [-0.25, -0.2) is 0 Å². The minimum absolute atomic E-state index is 0.0105. The van der Waals surface area contributed by atoms with Crippen molar-refractivity contribution in [1.82, 2.24) is 0 Å². The lowest BCUT2D eigenvalue weighted by molar-refractivity contribution is 0.593. The fraction of sp³-hybridized carbons (Fsp3) is 0.250. The molecule has 78 valence electrons. The highest BCUT2D eigenvalue weighted by Gasteiger charge is 2.10. The van der Waals surface area contributed by atoms with Crippen molar-refractivity contribution < 1.29 is 4.42 Å². The number of hydrogen-bond acceptors (Lipinski definition) is 2. The molecular formula is C12H11ClO2. The molecule has 0 amide bonds. The van der Waals surface area contributed by atoms with Gasteiger partial charge in [-0.15, -0.1) is 0 Å². The van der Waals surface area contributed by atoms with Gasteiger partial charge in [-0.2, -0.15) is 0 Å². The first-order valence-corrected chi connectivity index (χ1v) is 5.32. The zero-order valence-electron chi connectivity index (χ0n) is 8.42. The lowest BCUT2D eigenvalue weighted by atomic mass is 10.1. The first-order chi connectivity index (χ1) is 7.24. The largest absolute Gasteiger partial charge is 0.444 e. The molecule has 0 atom stereocenters. The van der Waals surface area contributed by atoms with Crippen molar-refractivity contribution in [1.29, 1.82) is 0 Å². The summed E-state index contributed by atoms with van der Waals surface area (Å²) < 4.78 is 5.39. The van der Waals surface area contributed by atoms with Gasteiger partial charge >= 0.3 is 0 Å². The van der Waals surface area contributed by atoms with E-state index in [0.29, 0.717) is 23.0 Å². The summed E-state index contributed by atoms with van der Waals surface area (Å²) in [6.07, 6.45) is 1.54. The lowest BCUT2D eigenvalue weighted by Crippen LogP contribution is -2.09. The SMILES string of the molecule is CCCc1c(Cl)oc2ccccc2c1=O. The van der Waals surface area contributed by atoms with Crippen molar-refractivity contribution in [3.8, 4) is 0 Å². The fourth-order valence-corrected chi connectivity index (χ4v) is 1.88. The quantitative estimate of drug-likeness (QED) is 0.780. The maximum atomic E-state index is 12.0. The topological polar surface area (TPSA) is 30.2 Å². The smallest absolute Gasteiger partial charge is 0.200 e. The van der Waals surface area contributed by atoms with Crippen LogP contribution in [0.15, 0.2) is 33.5 Å². The highest BCUT2D eigenvalue weighted by atomic mass is 35.5. The third kappa shape index (κ3) is 1.77. The average molecular weight is 223 g/mol. The molecule has 2 rings (SSSR count). The summed E-state index contributed by atoms with van der Waals surface area (Å²) >= 11 is 5.92. The summed E-state index contributed by atoms with van der Waals surface area (Å²) in [4.78, 5) is 12.0. The van der Waals surface area contributed by atoms with E-state index in [1.807, 2.05) is 19.1 Å². The van der Waals surface area contributed by atoms with Gasteiger partial charge in [-0.05, 0) is 30.2 Å². The molecule has 0 fully saturated rings. The molecule has 0 aliphatic heterocycles. The molecule has 1 heterocycles. The van der Waals surface area contributed by atoms with Gasteiger partial charge in [0.25, 0.3) is 0 Å². The van der Waals surface area contributed by atoms with E-state index in [1.165, 1.54) is 0 Å². The number of para-hydroxylation sites is 1. The summed E-state index contributed by atoms with van der Waals surface area (Å²) in [5, 5.41) is 0.825. The van der Waals surface area contributed by atoms with Crippen LogP contribution in [-0.4, -0.2) is 0 Å². The van der Waals surface area contributed by atoms with E-state index in [9.17, 15) is 4.79 Å². The fourth-order valence-electron chi connectivity index (χ4n) is 1.61. The molecule has 2 aromatic rings. The zero-order chi connectivity index (χ0) is 10.8. The second kappa shape index (κ2) is 4.07. The molecule has 2 nitrogen and oxygen atoms in total. The number of rotatable bonds is 2. The van der Waals surface area contributed by atoms with Gasteiger partial charge in [0.05, 0.1) is 10.9 Å². The lowest BCUT2D eigenvalue weighted by Gasteiger charge is -2.03. The van der Waals surface area contributed by atoms with Gasteiger partial charge in [0, 0.05) is 0 Å². The summed E-state index contributed by atoms with van der Waals surface area (Å²) in [6, 6.07) is 7.15. The standard InChI is InChI=1S/C12H11ClO2/c1-2-5-9-11(14)8-6-3-4-7-10(8)15-12(9)13/h3-4,6-7H,2,5H2,1H3. The molecular weight excluding hydrogens is 212 g/mol. The van der Waals surface area contributed by atoms with Gasteiger partial charge in [0.1, 0.15) is 5.58 Å². The number of hydrogen-bond donors (Lipinski definition) is 0. The molecule has 0 unspecified atom stereocenters. The Kier molecular flexibility index (Phi) is 2.78. The van der Waals surface area contributed by atoms with Gasteiger partial charge < -0.3 is 4.42 Å². The van der Waals surface area contributed by atoms with Crippen LogP contribution in [0.1, 0.15) is 18.9 Å². The highest BCUT2D eigenvalue weighted by molar-refractivity contribution is 6.29. The Bertz CT molecular complexity index is 543. The molecule has 0 radical (unpaired) electrons. The van der Waals surface area contributed by atoms with Crippen LogP contribution in [0.25, 0.3) is 11.0 Å². The molecule has 0 saturated heterocycles. The number of benzene rings is 1. The molecule has 1 aromatic carbocycles. The van der Waals surface area contributed by atoms with E-state index < -0.39 is 0 Å². The normalized spacial score (nSPS) is 10.8. The second-order valence-corrected chi connectivity index (χ2v) is 3.77. The van der Waals surface area contributed by atoms with Gasteiger partial charge in [0.2, 0.25) is 5.22 Å². The summed E-state index contributed by atoms with van der Waals surface area (Å²) in [7, 11) is 0. The third-order valence-corrected chi connectivity index (χ3v) is 2.65. The van der Waals surface area contributed by atoms with E-state index in [2.05, 4.69) is 0 Å². The van der Waals surface area contributed by atoms with Crippen molar-refractivity contribution in [2.75, 3.05) is 0 Å². The van der Waals surface area contributed by atoms with Crippen LogP contribution in [0.5, 0.6) is 0 Å². The highest BCUT2D eigenvalue weighted by Crippen LogP contribution is 2.20. The van der Waals surface area contributed by atoms with E-state index in [4.69, 9.17) is 16.0 Å². The number of fused-ring (bicyclic) bond motifs is 1. The second-order valence-electron chi connectivity index (χ2n) is 3.43. The Balaban J connectivity index is 2.78. The Hall–Kier alpha value is -1.28. The average Bonchev–Trinajstić information content (AvgIpc) is 2.24. The van der Waals surface area contributed by atoms with Crippen molar-refractivity contribution in [3.63, 3.8) is 0 Å². The van der Waals surface area contributed by atoms with E-state index in [0.717, 1.165) is 6.42 Å². The summed E-state index contributed by atoms with van der Waals surface area (Å²) in [6.45, 7) is 2.00. The van der Waals surface area contributed by atoms with Gasteiger partial charge in [-0.3, -0.25) is 4.79 Å². The summed E-state index contributed by atoms with van der Waals surface area (Å²) in [5.74, 6) is 0. The molecule has 0 saturated carbocycles. The molecule has 0 spiro atoms. The van der Waals surface area contributed by atoms with Crippen molar-refractivity contribution in [2.45, 2.75) is 19.8 Å². The Morgan fingerprint density at radius 3 is 2.80 bits per heavy atom. The van der Waals surface area contributed by atoms with Crippen LogP contribution in [0.3, 0.4) is 0 Å². The third-order valence-electron chi connectivity index (χ3n) is 2.34. The van der Waals surface area contributed by atoms with Gasteiger partial charge in [0.15, 0.2) is 5.43 Å². The molecule has 15 heavy (non-hydrogen) atoms. The summed E-state index contributed by atoms with van der Waals surface area (Å²) in [5.41, 5.74) is 1.12. The predicted octanol–water partition coefficient (Wildman–Crippen LogP) is 3.40. The first-order valence-electron chi connectivity index (χ1n) is 4.94. The van der Waals surface area contributed by atoms with Crippen molar-refractivity contribution in [2.24, 2.45) is 0 Å². The van der Waals surface area contributed by atoms with Crippen LogP contribution in [0.2, 0.25) is 5.22 Å². The molecule has 3 heteroatoms. The molecule has 0 aliphatic rings. The maximum absolute atomic E-state index is 12.0. The van der Waals surface area contributed by atoms with E-state index >= 15 is 0 Å². The van der Waals surface area contributed by atoms with Crippen molar-refractivity contribution in [3.05, 3.63) is 45.3 Å². The van der Waals surface area contributed by atoms with E-state index in [1.54, 1.807) is 12.1 Å². The van der Waals surface area contributed by atoms with E-state index in [-0.39, 0.29) is 10.6 Å². The van der Waals surface area contributed by atoms with Crippen molar-refractivity contribution >= 4 is 22.6 Å². The van der Waals surface area contributed by atoms with Crippen LogP contribution < -0.4 is 5.43 Å². The van der Waals surface area contributed by atoms with Crippen LogP contribution >= 0.6 is 11.6 Å². The Morgan fingerprint density at radius 2 is 2.07 bits per heavy atom. The van der Waals surface area contributed by atoms with Gasteiger partial charge in [-0.1, -0.05) is 25.5 Å². The maximum Gasteiger partial charge on any atom is 0.200 e. The van der Waals surface area contributed by atoms with Crippen LogP contribution in [0.4, 0.5) is 0 Å². The zero-order valence-corrected chi connectivity index (χ0v) is 9.17. The molecule has 1 aromatic heterocycles. The minimum Gasteiger partial charge on any atom is -0.444 e. The Labute approximate surface area is 92.5 Å². The minimum atomic E-state index is -0.0105. The molecule has 0 aliphatic carbocycles. The van der Waals surface area contributed by atoms with Crippen LogP contribution in [0, 0.1) is 0 Å². The van der Waals surface area contributed by atoms with Crippen LogP contribution in [-0.2, 0) is 6.42 Å². The molecule has 0 N–H and O–H groups in total.